The minimum atomic E-state index is -0.547. The number of aromatic nitrogens is 5. The van der Waals surface area contributed by atoms with Gasteiger partial charge in [-0.3, -0.25) is 4.68 Å². The molecular weight excluding hydrogens is 525 g/mol. The molecule has 5 rings (SSSR count). The number of carbonyl (C=O) groups is 1. The fourth-order valence-electron chi connectivity index (χ4n) is 5.21. The summed E-state index contributed by atoms with van der Waals surface area (Å²) in [6, 6.07) is 5.98. The molecule has 1 spiro atoms. The number of rotatable bonds is 5. The van der Waals surface area contributed by atoms with Crippen LogP contribution in [0.5, 0.6) is 11.6 Å². The van der Waals surface area contributed by atoms with E-state index in [2.05, 4.69) is 25.6 Å². The van der Waals surface area contributed by atoms with E-state index >= 15 is 0 Å². The number of piperidine rings is 1. The lowest BCUT2D eigenvalue weighted by Crippen LogP contribution is -2.61. The van der Waals surface area contributed by atoms with Crippen molar-refractivity contribution in [3.63, 3.8) is 0 Å². The summed E-state index contributed by atoms with van der Waals surface area (Å²) in [4.78, 5) is 18.8. The van der Waals surface area contributed by atoms with Gasteiger partial charge in [-0.1, -0.05) is 0 Å². The van der Waals surface area contributed by atoms with Gasteiger partial charge in [0.2, 0.25) is 5.28 Å². The third kappa shape index (κ3) is 5.56. The standard InChI is InChI=1S/C27H33ClFN7O3/c1-16(2)36-19(8-11-31-36)18-14-17(29)6-7-20(18)38-23-21(32-24(28)34-33-23)22-27(15-30-22)9-12-35(13-10-27)25(37)39-26(3,4)5/h6-8,11,14,16,22,30H,9-10,12-13,15H2,1-5H3. The summed E-state index contributed by atoms with van der Waals surface area (Å²) in [7, 11) is 0. The first-order chi connectivity index (χ1) is 18.5. The number of nitrogens with one attached hydrogen (secondary N) is 1. The van der Waals surface area contributed by atoms with Crippen LogP contribution in [0, 0.1) is 11.2 Å². The van der Waals surface area contributed by atoms with Crippen LogP contribution >= 0.6 is 11.6 Å². The van der Waals surface area contributed by atoms with Crippen LogP contribution in [0.25, 0.3) is 11.3 Å². The normalized spacial score (nSPS) is 18.8. The molecule has 1 aromatic carbocycles. The Morgan fingerprint density at radius 1 is 1.21 bits per heavy atom. The molecule has 2 aliphatic heterocycles. The summed E-state index contributed by atoms with van der Waals surface area (Å²) in [5.41, 5.74) is 1.07. The summed E-state index contributed by atoms with van der Waals surface area (Å²) in [5.74, 6) is 0.186. The molecule has 208 valence electrons. The lowest BCUT2D eigenvalue weighted by molar-refractivity contribution is -0.0196. The zero-order valence-corrected chi connectivity index (χ0v) is 23.5. The number of amides is 1. The van der Waals surface area contributed by atoms with E-state index in [1.807, 2.05) is 40.7 Å². The molecule has 4 heterocycles. The maximum atomic E-state index is 14.4. The molecule has 0 bridgehead atoms. The summed E-state index contributed by atoms with van der Waals surface area (Å²) in [6.45, 7) is 11.5. The molecule has 2 aliphatic rings. The van der Waals surface area contributed by atoms with Crippen molar-refractivity contribution in [2.75, 3.05) is 19.6 Å². The van der Waals surface area contributed by atoms with Gasteiger partial charge in [0.15, 0.2) is 0 Å². The van der Waals surface area contributed by atoms with Crippen molar-refractivity contribution in [2.24, 2.45) is 5.41 Å². The summed E-state index contributed by atoms with van der Waals surface area (Å²) < 4.78 is 28.0. The van der Waals surface area contributed by atoms with E-state index in [1.54, 1.807) is 21.8 Å². The van der Waals surface area contributed by atoms with Gasteiger partial charge in [-0.2, -0.15) is 5.10 Å². The lowest BCUT2D eigenvalue weighted by atomic mass is 9.66. The van der Waals surface area contributed by atoms with Crippen LogP contribution in [0.15, 0.2) is 30.5 Å². The highest BCUT2D eigenvalue weighted by atomic mass is 35.5. The van der Waals surface area contributed by atoms with Crippen molar-refractivity contribution >= 4 is 17.7 Å². The van der Waals surface area contributed by atoms with Crippen LogP contribution in [0.1, 0.15) is 65.2 Å². The monoisotopic (exact) mass is 557 g/mol. The van der Waals surface area contributed by atoms with Crippen LogP contribution in [0.2, 0.25) is 5.28 Å². The van der Waals surface area contributed by atoms with Crippen LogP contribution in [-0.2, 0) is 4.74 Å². The van der Waals surface area contributed by atoms with Gasteiger partial charge in [-0.05, 0) is 83.3 Å². The molecule has 2 saturated heterocycles. The smallest absolute Gasteiger partial charge is 0.410 e. The predicted octanol–water partition coefficient (Wildman–Crippen LogP) is 5.56. The average molecular weight is 558 g/mol. The maximum Gasteiger partial charge on any atom is 0.410 e. The SMILES string of the molecule is CC(C)n1nccc1-c1cc(F)ccc1Oc1nnc(Cl)nc1C1NCC12CCN(C(=O)OC(C)(C)C)CC2. The van der Waals surface area contributed by atoms with E-state index in [0.717, 1.165) is 19.4 Å². The first kappa shape index (κ1) is 27.3. The molecular formula is C27H33ClFN7O3. The van der Waals surface area contributed by atoms with Crippen molar-refractivity contribution in [3.05, 3.63) is 47.3 Å². The Labute approximate surface area is 231 Å². The van der Waals surface area contributed by atoms with Gasteiger partial charge in [0.05, 0.1) is 11.7 Å². The van der Waals surface area contributed by atoms with Gasteiger partial charge in [0, 0.05) is 42.9 Å². The largest absolute Gasteiger partial charge is 0.444 e. The van der Waals surface area contributed by atoms with E-state index in [9.17, 15) is 9.18 Å². The predicted molar refractivity (Wildman–Crippen MR) is 143 cm³/mol. The second-order valence-corrected chi connectivity index (χ2v) is 11.8. The minimum absolute atomic E-state index is 0.00426. The van der Waals surface area contributed by atoms with Gasteiger partial charge in [0.1, 0.15) is 22.9 Å². The molecule has 0 radical (unpaired) electrons. The van der Waals surface area contributed by atoms with Gasteiger partial charge < -0.3 is 19.7 Å². The highest BCUT2D eigenvalue weighted by Gasteiger charge is 2.51. The molecule has 1 atom stereocenters. The molecule has 0 saturated carbocycles. The van der Waals surface area contributed by atoms with E-state index in [0.29, 0.717) is 35.8 Å². The van der Waals surface area contributed by atoms with Crippen LogP contribution in [-0.4, -0.2) is 61.2 Å². The second kappa shape index (κ2) is 10.3. The summed E-state index contributed by atoms with van der Waals surface area (Å²) in [5, 5.41) is 16.0. The third-order valence-corrected chi connectivity index (χ3v) is 7.35. The Hall–Kier alpha value is -3.31. The number of benzene rings is 1. The Morgan fingerprint density at radius 3 is 2.59 bits per heavy atom. The lowest BCUT2D eigenvalue weighted by Gasteiger charge is -2.54. The molecule has 2 aromatic heterocycles. The molecule has 1 amide bonds. The number of hydrogen-bond acceptors (Lipinski definition) is 8. The fourth-order valence-corrected chi connectivity index (χ4v) is 5.34. The number of likely N-dealkylation sites (tertiary alicyclic amines) is 1. The highest BCUT2D eigenvalue weighted by Crippen LogP contribution is 2.50. The quantitative estimate of drug-likeness (QED) is 0.434. The molecule has 12 heteroatoms. The molecule has 10 nitrogen and oxygen atoms in total. The summed E-state index contributed by atoms with van der Waals surface area (Å²) >= 11 is 6.19. The van der Waals surface area contributed by atoms with E-state index in [1.165, 1.54) is 12.1 Å². The zero-order valence-electron chi connectivity index (χ0n) is 22.7. The second-order valence-electron chi connectivity index (χ2n) is 11.4. The maximum absolute atomic E-state index is 14.4. The van der Waals surface area contributed by atoms with Crippen LogP contribution < -0.4 is 10.1 Å². The molecule has 1 unspecified atom stereocenters. The Morgan fingerprint density at radius 2 is 1.95 bits per heavy atom. The molecule has 3 aromatic rings. The van der Waals surface area contributed by atoms with Gasteiger partial charge in [-0.15, -0.1) is 10.2 Å². The number of ether oxygens (including phenoxy) is 2. The molecule has 39 heavy (non-hydrogen) atoms. The number of carbonyl (C=O) groups excluding carboxylic acids is 1. The van der Waals surface area contributed by atoms with Crippen molar-refractivity contribution in [2.45, 2.75) is 65.1 Å². The number of nitrogens with zero attached hydrogens (tertiary/aromatic N) is 6. The highest BCUT2D eigenvalue weighted by molar-refractivity contribution is 6.28. The Kier molecular flexibility index (Phi) is 7.23. The van der Waals surface area contributed by atoms with E-state index in [4.69, 9.17) is 21.1 Å². The minimum Gasteiger partial charge on any atom is -0.444 e. The van der Waals surface area contributed by atoms with E-state index < -0.39 is 11.4 Å². The number of hydrogen-bond donors (Lipinski definition) is 1. The van der Waals surface area contributed by atoms with Gasteiger partial charge in [0.25, 0.3) is 5.88 Å². The van der Waals surface area contributed by atoms with Crippen molar-refractivity contribution < 1.29 is 18.7 Å². The molecule has 2 fully saturated rings. The Bertz CT molecular complexity index is 1370. The van der Waals surface area contributed by atoms with Crippen molar-refractivity contribution in [1.82, 2.24) is 35.2 Å². The first-order valence-corrected chi connectivity index (χ1v) is 13.5. The molecule has 0 aliphatic carbocycles. The first-order valence-electron chi connectivity index (χ1n) is 13.1. The van der Waals surface area contributed by atoms with Gasteiger partial charge >= 0.3 is 6.09 Å². The topological polar surface area (TPSA) is 107 Å². The van der Waals surface area contributed by atoms with Crippen molar-refractivity contribution in [1.29, 1.82) is 0 Å². The van der Waals surface area contributed by atoms with Crippen LogP contribution in [0.4, 0.5) is 9.18 Å². The molecule has 1 N–H and O–H groups in total. The van der Waals surface area contributed by atoms with E-state index in [-0.39, 0.29) is 34.8 Å². The summed E-state index contributed by atoms with van der Waals surface area (Å²) in [6.07, 6.45) is 2.87. The van der Waals surface area contributed by atoms with Crippen LogP contribution in [0.3, 0.4) is 0 Å². The Balaban J connectivity index is 1.41. The van der Waals surface area contributed by atoms with Gasteiger partial charge in [-0.25, -0.2) is 14.2 Å². The zero-order chi connectivity index (χ0) is 27.9. The third-order valence-electron chi connectivity index (χ3n) is 7.19. The van der Waals surface area contributed by atoms with Crippen molar-refractivity contribution in [3.8, 4) is 22.9 Å². The average Bonchev–Trinajstić information content (AvgIpc) is 3.35. The number of halogens is 2. The fraction of sp³-hybridized carbons (Fsp3) is 0.519.